The molecule has 1 N–H and O–H groups in total. The van der Waals surface area contributed by atoms with E-state index in [0.717, 1.165) is 19.6 Å². The summed E-state index contributed by atoms with van der Waals surface area (Å²) in [4.78, 5) is 31.0. The zero-order valence-corrected chi connectivity index (χ0v) is 20.3. The van der Waals surface area contributed by atoms with Crippen LogP contribution in [0.4, 0.5) is 5.69 Å². The molecule has 9 nitrogen and oxygen atoms in total. The molecule has 0 saturated carbocycles. The largest absolute Gasteiger partial charge is 0.494 e. The summed E-state index contributed by atoms with van der Waals surface area (Å²) in [6.45, 7) is 0. The van der Waals surface area contributed by atoms with Gasteiger partial charge >= 0.3 is 5.69 Å². The molecule has 1 atom stereocenters. The number of fused-ring (bicyclic) bond motifs is 1. The lowest BCUT2D eigenvalue weighted by Crippen LogP contribution is -2.40. The molecule has 178 valence electrons. The molecule has 2 aromatic carbocycles. The SMILES string of the molecule is COc1cc(C2CC(c3c(O)n(C)c(=O)n(C)c3=O)=Nc3ccccc3S2)cc(OC)c1OC. The summed E-state index contributed by atoms with van der Waals surface area (Å²) in [6, 6.07) is 11.3. The number of hydrogen-bond donors (Lipinski definition) is 1. The summed E-state index contributed by atoms with van der Waals surface area (Å²) >= 11 is 1.58. The summed E-state index contributed by atoms with van der Waals surface area (Å²) in [6.07, 6.45) is 0.305. The number of methoxy groups -OCH3 is 3. The van der Waals surface area contributed by atoms with Gasteiger partial charge in [0, 0.05) is 30.7 Å². The molecule has 0 fully saturated rings. The number of rotatable bonds is 5. The van der Waals surface area contributed by atoms with Crippen molar-refractivity contribution < 1.29 is 19.3 Å². The molecule has 3 aromatic rings. The molecule has 0 radical (unpaired) electrons. The third-order valence-corrected chi connectivity index (χ3v) is 7.07. The summed E-state index contributed by atoms with van der Waals surface area (Å²) in [5.74, 6) is 1.08. The number of hydrogen-bond acceptors (Lipinski definition) is 8. The first-order valence-electron chi connectivity index (χ1n) is 10.4. The molecule has 2 heterocycles. The minimum absolute atomic E-state index is 0.000607. The van der Waals surface area contributed by atoms with Crippen LogP contribution in [-0.2, 0) is 14.1 Å². The Morgan fingerprint density at radius 1 is 1.00 bits per heavy atom. The standard InChI is InChI=1S/C24H25N3O6S/c1-26-22(28)20(23(29)27(2)24(26)30)15-12-19(34-18-9-7-6-8-14(18)25-15)13-10-16(31-3)21(33-5)17(11-13)32-4/h6-11,19,28H,12H2,1-5H3. The Balaban J connectivity index is 1.94. The van der Waals surface area contributed by atoms with E-state index in [9.17, 15) is 14.7 Å². The van der Waals surface area contributed by atoms with E-state index in [1.807, 2.05) is 36.4 Å². The van der Waals surface area contributed by atoms with E-state index in [1.54, 1.807) is 33.1 Å². The highest BCUT2D eigenvalue weighted by molar-refractivity contribution is 7.99. The fraction of sp³-hybridized carbons (Fsp3) is 0.292. The van der Waals surface area contributed by atoms with Gasteiger partial charge in [-0.25, -0.2) is 4.79 Å². The minimum Gasteiger partial charge on any atom is -0.494 e. The van der Waals surface area contributed by atoms with Crippen molar-refractivity contribution in [1.29, 1.82) is 0 Å². The molecule has 10 heteroatoms. The number of thioether (sulfide) groups is 1. The number of aromatic nitrogens is 2. The smallest absolute Gasteiger partial charge is 0.333 e. The van der Waals surface area contributed by atoms with E-state index in [1.165, 1.54) is 14.1 Å². The van der Waals surface area contributed by atoms with Crippen LogP contribution in [0.2, 0.25) is 0 Å². The van der Waals surface area contributed by atoms with Crippen LogP contribution in [-0.4, -0.2) is 41.3 Å². The third-order valence-electron chi connectivity index (χ3n) is 5.75. The first-order chi connectivity index (χ1) is 16.3. The van der Waals surface area contributed by atoms with E-state index < -0.39 is 17.1 Å². The number of benzene rings is 2. The Bertz CT molecular complexity index is 1380. The molecule has 0 bridgehead atoms. The van der Waals surface area contributed by atoms with Crippen LogP contribution in [0.5, 0.6) is 23.1 Å². The highest BCUT2D eigenvalue weighted by Crippen LogP contribution is 2.49. The molecule has 1 aromatic heterocycles. The molecule has 0 spiro atoms. The van der Waals surface area contributed by atoms with Crippen molar-refractivity contribution in [2.75, 3.05) is 21.3 Å². The first kappa shape index (κ1) is 23.5. The quantitative estimate of drug-likeness (QED) is 0.594. The number of nitrogens with zero attached hydrogens (tertiary/aromatic N) is 3. The number of aliphatic imine (C=N–C) groups is 1. The maximum absolute atomic E-state index is 13.1. The van der Waals surface area contributed by atoms with Crippen LogP contribution in [0.25, 0.3) is 0 Å². The zero-order valence-electron chi connectivity index (χ0n) is 19.5. The molecule has 34 heavy (non-hydrogen) atoms. The zero-order chi connectivity index (χ0) is 24.6. The van der Waals surface area contributed by atoms with Crippen LogP contribution >= 0.6 is 11.8 Å². The molecular formula is C24H25N3O6S. The van der Waals surface area contributed by atoms with Crippen molar-refractivity contribution in [2.45, 2.75) is 16.6 Å². The van der Waals surface area contributed by atoms with Gasteiger partial charge in [-0.2, -0.15) is 0 Å². The molecule has 1 aliphatic rings. The topological polar surface area (TPSA) is 104 Å². The van der Waals surface area contributed by atoms with E-state index >= 15 is 0 Å². The first-order valence-corrected chi connectivity index (χ1v) is 11.3. The van der Waals surface area contributed by atoms with E-state index in [2.05, 4.69) is 0 Å². The summed E-state index contributed by atoms with van der Waals surface area (Å²) in [5, 5.41) is 10.6. The molecule has 1 aliphatic heterocycles. The summed E-state index contributed by atoms with van der Waals surface area (Å²) in [7, 11) is 7.44. The number of aromatic hydroxyl groups is 1. The molecule has 0 amide bonds. The lowest BCUT2D eigenvalue weighted by atomic mass is 10.0. The Kier molecular flexibility index (Phi) is 6.43. The van der Waals surface area contributed by atoms with Crippen LogP contribution < -0.4 is 25.5 Å². The molecule has 4 rings (SSSR count). The third kappa shape index (κ3) is 3.94. The highest BCUT2D eigenvalue weighted by atomic mass is 32.2. The van der Waals surface area contributed by atoms with Crippen LogP contribution in [0.1, 0.15) is 22.8 Å². The molecule has 1 unspecified atom stereocenters. The van der Waals surface area contributed by atoms with Crippen molar-refractivity contribution in [1.82, 2.24) is 9.13 Å². The van der Waals surface area contributed by atoms with Gasteiger partial charge in [-0.15, -0.1) is 11.8 Å². The van der Waals surface area contributed by atoms with E-state index in [4.69, 9.17) is 19.2 Å². The molecule has 0 saturated heterocycles. The second-order valence-corrected chi connectivity index (χ2v) is 8.94. The van der Waals surface area contributed by atoms with Crippen LogP contribution in [0.3, 0.4) is 0 Å². The van der Waals surface area contributed by atoms with Crippen molar-refractivity contribution in [3.8, 4) is 23.1 Å². The molecular weight excluding hydrogens is 458 g/mol. The normalized spacial score (nSPS) is 15.2. The van der Waals surface area contributed by atoms with E-state index in [0.29, 0.717) is 35.1 Å². The maximum atomic E-state index is 13.1. The van der Waals surface area contributed by atoms with Crippen LogP contribution in [0.15, 0.2) is 55.9 Å². The lowest BCUT2D eigenvalue weighted by Gasteiger charge is -2.20. The van der Waals surface area contributed by atoms with Gasteiger partial charge in [-0.05, 0) is 29.8 Å². The minimum atomic E-state index is -0.614. The van der Waals surface area contributed by atoms with Gasteiger partial charge in [0.2, 0.25) is 11.6 Å². The Morgan fingerprint density at radius 3 is 2.26 bits per heavy atom. The Hall–Kier alpha value is -3.66. The van der Waals surface area contributed by atoms with Gasteiger partial charge in [0.25, 0.3) is 5.56 Å². The van der Waals surface area contributed by atoms with Gasteiger partial charge < -0.3 is 19.3 Å². The van der Waals surface area contributed by atoms with Gasteiger partial charge in [0.1, 0.15) is 5.56 Å². The number of ether oxygens (including phenoxy) is 3. The van der Waals surface area contributed by atoms with Gasteiger partial charge in [-0.3, -0.25) is 18.9 Å². The van der Waals surface area contributed by atoms with Gasteiger partial charge in [-0.1, -0.05) is 12.1 Å². The van der Waals surface area contributed by atoms with Crippen molar-refractivity contribution >= 4 is 23.2 Å². The second-order valence-electron chi connectivity index (χ2n) is 7.70. The number of para-hydroxylation sites is 1. The maximum Gasteiger partial charge on any atom is 0.333 e. The fourth-order valence-corrected chi connectivity index (χ4v) is 5.14. The van der Waals surface area contributed by atoms with Crippen molar-refractivity contribution in [3.05, 3.63) is 68.4 Å². The predicted octanol–water partition coefficient (Wildman–Crippen LogP) is 3.17. The summed E-state index contributed by atoms with van der Waals surface area (Å²) in [5.41, 5.74) is 0.700. The Morgan fingerprint density at radius 2 is 1.65 bits per heavy atom. The molecule has 0 aliphatic carbocycles. The Labute approximate surface area is 200 Å². The van der Waals surface area contributed by atoms with Gasteiger partial charge in [0.05, 0.1) is 32.7 Å². The monoisotopic (exact) mass is 483 g/mol. The van der Waals surface area contributed by atoms with Gasteiger partial charge in [0.15, 0.2) is 11.5 Å². The van der Waals surface area contributed by atoms with Crippen molar-refractivity contribution in [2.24, 2.45) is 19.1 Å². The summed E-state index contributed by atoms with van der Waals surface area (Å²) < 4.78 is 18.5. The van der Waals surface area contributed by atoms with E-state index in [-0.39, 0.29) is 10.8 Å². The predicted molar refractivity (Wildman–Crippen MR) is 131 cm³/mol. The fourth-order valence-electron chi connectivity index (χ4n) is 3.93. The van der Waals surface area contributed by atoms with Crippen LogP contribution in [0, 0.1) is 0 Å². The van der Waals surface area contributed by atoms with Crippen molar-refractivity contribution in [3.63, 3.8) is 0 Å². The average molecular weight is 484 g/mol. The highest BCUT2D eigenvalue weighted by Gasteiger charge is 2.29. The second kappa shape index (κ2) is 9.30. The average Bonchev–Trinajstić information content (AvgIpc) is 3.05. The lowest BCUT2D eigenvalue weighted by molar-refractivity contribution is 0.324.